The maximum Gasteiger partial charge on any atom is 0.258 e. The molecule has 0 spiro atoms. The molecule has 1 amide bonds. The van der Waals surface area contributed by atoms with Gasteiger partial charge in [0.2, 0.25) is 0 Å². The molecule has 3 heterocycles. The minimum Gasteiger partial charge on any atom is -0.321 e. The second-order valence-electron chi connectivity index (χ2n) is 4.82. The van der Waals surface area contributed by atoms with Crippen LogP contribution < -0.4 is 5.32 Å². The minimum atomic E-state index is -0.232. The van der Waals surface area contributed by atoms with Crippen LogP contribution in [0.4, 0.5) is 5.69 Å². The molecular formula is C17H13ClN4OS. The zero-order valence-electron chi connectivity index (χ0n) is 12.5. The monoisotopic (exact) mass is 356 g/mol. The zero-order chi connectivity index (χ0) is 16.8. The third-order valence-corrected chi connectivity index (χ3v) is 4.43. The van der Waals surface area contributed by atoms with Gasteiger partial charge in [0.25, 0.3) is 5.91 Å². The lowest BCUT2D eigenvalue weighted by atomic mass is 10.2. The number of thioether (sulfide) groups is 1. The van der Waals surface area contributed by atoms with E-state index in [4.69, 9.17) is 11.6 Å². The first-order valence-electron chi connectivity index (χ1n) is 7.12. The highest BCUT2D eigenvalue weighted by molar-refractivity contribution is 7.98. The fourth-order valence-electron chi connectivity index (χ4n) is 1.96. The molecule has 0 aliphatic carbocycles. The van der Waals surface area contributed by atoms with E-state index in [1.807, 2.05) is 12.1 Å². The third-order valence-electron chi connectivity index (χ3n) is 3.13. The van der Waals surface area contributed by atoms with Gasteiger partial charge in [0.15, 0.2) is 0 Å². The number of rotatable bonds is 5. The van der Waals surface area contributed by atoms with E-state index in [1.165, 1.54) is 18.0 Å². The molecule has 3 aromatic heterocycles. The summed E-state index contributed by atoms with van der Waals surface area (Å²) in [5, 5.41) is 3.85. The molecule has 0 radical (unpaired) electrons. The second kappa shape index (κ2) is 7.90. The summed E-state index contributed by atoms with van der Waals surface area (Å²) in [5.41, 5.74) is 2.22. The van der Waals surface area contributed by atoms with Crippen molar-refractivity contribution in [3.05, 3.63) is 77.5 Å². The van der Waals surface area contributed by atoms with E-state index in [0.717, 1.165) is 5.56 Å². The predicted octanol–water partition coefficient (Wildman–Crippen LogP) is 4.07. The Morgan fingerprint density at radius 3 is 2.67 bits per heavy atom. The van der Waals surface area contributed by atoms with E-state index in [1.54, 1.807) is 42.9 Å². The molecule has 0 saturated carbocycles. The largest absolute Gasteiger partial charge is 0.321 e. The SMILES string of the molecule is O=C(Nc1ccc(Cl)nc1)c1cccnc1SCc1ccncc1. The highest BCUT2D eigenvalue weighted by Crippen LogP contribution is 2.24. The van der Waals surface area contributed by atoms with Crippen molar-refractivity contribution in [1.29, 1.82) is 0 Å². The van der Waals surface area contributed by atoms with Crippen molar-refractivity contribution >= 4 is 35.0 Å². The topological polar surface area (TPSA) is 67.8 Å². The maximum absolute atomic E-state index is 12.5. The number of amides is 1. The molecule has 0 aromatic carbocycles. The molecule has 24 heavy (non-hydrogen) atoms. The Morgan fingerprint density at radius 2 is 1.92 bits per heavy atom. The van der Waals surface area contributed by atoms with Crippen molar-refractivity contribution in [1.82, 2.24) is 15.0 Å². The van der Waals surface area contributed by atoms with Crippen molar-refractivity contribution in [3.63, 3.8) is 0 Å². The Balaban J connectivity index is 1.73. The van der Waals surface area contributed by atoms with Crippen LogP contribution in [-0.2, 0) is 5.75 Å². The van der Waals surface area contributed by atoms with Gasteiger partial charge in [0, 0.05) is 24.3 Å². The molecule has 0 fully saturated rings. The maximum atomic E-state index is 12.5. The Morgan fingerprint density at radius 1 is 1.08 bits per heavy atom. The zero-order valence-corrected chi connectivity index (χ0v) is 14.1. The van der Waals surface area contributed by atoms with Crippen LogP contribution in [0.1, 0.15) is 15.9 Å². The number of halogens is 1. The Kier molecular flexibility index (Phi) is 5.40. The van der Waals surface area contributed by atoms with Crippen molar-refractivity contribution in [2.45, 2.75) is 10.8 Å². The first-order chi connectivity index (χ1) is 11.7. The van der Waals surface area contributed by atoms with Crippen LogP contribution in [0.2, 0.25) is 5.15 Å². The third kappa shape index (κ3) is 4.31. The fourth-order valence-corrected chi connectivity index (χ4v) is 3.02. The van der Waals surface area contributed by atoms with Gasteiger partial charge in [-0.1, -0.05) is 11.6 Å². The van der Waals surface area contributed by atoms with E-state index in [9.17, 15) is 4.79 Å². The molecule has 0 saturated heterocycles. The Labute approximate surface area is 148 Å². The minimum absolute atomic E-state index is 0.232. The summed E-state index contributed by atoms with van der Waals surface area (Å²) in [6.45, 7) is 0. The standard InChI is InChI=1S/C17H13ClN4OS/c18-15-4-3-13(10-21-15)22-16(23)14-2-1-7-20-17(14)24-11-12-5-8-19-9-6-12/h1-10H,11H2,(H,22,23). The summed E-state index contributed by atoms with van der Waals surface area (Å²) >= 11 is 7.25. The van der Waals surface area contributed by atoms with Gasteiger partial charge in [0.05, 0.1) is 17.4 Å². The van der Waals surface area contributed by atoms with Crippen molar-refractivity contribution in [2.24, 2.45) is 0 Å². The van der Waals surface area contributed by atoms with Crippen LogP contribution in [0.15, 0.2) is 66.2 Å². The van der Waals surface area contributed by atoms with Crippen LogP contribution in [0.3, 0.4) is 0 Å². The number of hydrogen-bond acceptors (Lipinski definition) is 5. The van der Waals surface area contributed by atoms with Gasteiger partial charge in [-0.3, -0.25) is 9.78 Å². The van der Waals surface area contributed by atoms with Gasteiger partial charge in [0.1, 0.15) is 10.2 Å². The number of hydrogen-bond donors (Lipinski definition) is 1. The number of carbonyl (C=O) groups is 1. The first-order valence-corrected chi connectivity index (χ1v) is 8.48. The average Bonchev–Trinajstić information content (AvgIpc) is 2.63. The van der Waals surface area contributed by atoms with Crippen LogP contribution in [-0.4, -0.2) is 20.9 Å². The molecule has 0 unspecified atom stereocenters. The molecule has 0 bridgehead atoms. The molecule has 120 valence electrons. The number of carbonyl (C=O) groups excluding carboxylic acids is 1. The average molecular weight is 357 g/mol. The number of aromatic nitrogens is 3. The van der Waals surface area contributed by atoms with E-state index in [0.29, 0.717) is 27.2 Å². The lowest BCUT2D eigenvalue weighted by Crippen LogP contribution is -2.13. The number of nitrogens with zero attached hydrogens (tertiary/aromatic N) is 3. The summed E-state index contributed by atoms with van der Waals surface area (Å²) in [7, 11) is 0. The van der Waals surface area contributed by atoms with Gasteiger partial charge >= 0.3 is 0 Å². The van der Waals surface area contributed by atoms with Crippen molar-refractivity contribution < 1.29 is 4.79 Å². The lowest BCUT2D eigenvalue weighted by molar-refractivity contribution is 0.102. The van der Waals surface area contributed by atoms with Crippen LogP contribution in [0, 0.1) is 0 Å². The highest BCUT2D eigenvalue weighted by atomic mass is 35.5. The van der Waals surface area contributed by atoms with E-state index in [-0.39, 0.29) is 5.91 Å². The van der Waals surface area contributed by atoms with Crippen LogP contribution in [0.5, 0.6) is 0 Å². The summed E-state index contributed by atoms with van der Waals surface area (Å²) in [5.74, 6) is 0.479. The molecular weight excluding hydrogens is 344 g/mol. The molecule has 0 aliphatic rings. The van der Waals surface area contributed by atoms with Gasteiger partial charge in [-0.05, 0) is 42.0 Å². The van der Waals surface area contributed by atoms with E-state index >= 15 is 0 Å². The second-order valence-corrected chi connectivity index (χ2v) is 6.18. The molecule has 0 atom stereocenters. The molecule has 5 nitrogen and oxygen atoms in total. The van der Waals surface area contributed by atoms with Crippen LogP contribution in [0.25, 0.3) is 0 Å². The van der Waals surface area contributed by atoms with Gasteiger partial charge in [-0.2, -0.15) is 0 Å². The normalized spacial score (nSPS) is 10.4. The smallest absolute Gasteiger partial charge is 0.258 e. The molecule has 3 aromatic rings. The fraction of sp³-hybridized carbons (Fsp3) is 0.0588. The van der Waals surface area contributed by atoms with E-state index < -0.39 is 0 Å². The Bertz CT molecular complexity index is 828. The van der Waals surface area contributed by atoms with Gasteiger partial charge in [-0.15, -0.1) is 11.8 Å². The van der Waals surface area contributed by atoms with Gasteiger partial charge in [-0.25, -0.2) is 9.97 Å². The molecule has 3 rings (SSSR count). The summed E-state index contributed by atoms with van der Waals surface area (Å²) in [6.07, 6.45) is 6.68. The van der Waals surface area contributed by atoms with Crippen molar-refractivity contribution in [3.8, 4) is 0 Å². The molecule has 7 heteroatoms. The number of pyridine rings is 3. The predicted molar refractivity (Wildman–Crippen MR) is 95.2 cm³/mol. The Hall–Kier alpha value is -2.44. The number of nitrogens with one attached hydrogen (secondary N) is 1. The molecule has 1 N–H and O–H groups in total. The van der Waals surface area contributed by atoms with E-state index in [2.05, 4.69) is 20.3 Å². The highest BCUT2D eigenvalue weighted by Gasteiger charge is 2.13. The summed E-state index contributed by atoms with van der Waals surface area (Å²) < 4.78 is 0. The quantitative estimate of drug-likeness (QED) is 0.551. The van der Waals surface area contributed by atoms with Crippen molar-refractivity contribution in [2.75, 3.05) is 5.32 Å². The number of anilines is 1. The van der Waals surface area contributed by atoms with Gasteiger partial charge < -0.3 is 5.32 Å². The molecule has 0 aliphatic heterocycles. The lowest BCUT2D eigenvalue weighted by Gasteiger charge is -2.09. The summed E-state index contributed by atoms with van der Waals surface area (Å²) in [4.78, 5) is 24.8. The first kappa shape index (κ1) is 16.4. The summed E-state index contributed by atoms with van der Waals surface area (Å²) in [6, 6.07) is 10.7. The van der Waals surface area contributed by atoms with Crippen LogP contribution >= 0.6 is 23.4 Å².